The highest BCUT2D eigenvalue weighted by Gasteiger charge is 2.21. The highest BCUT2D eigenvalue weighted by Crippen LogP contribution is 2.21. The van der Waals surface area contributed by atoms with Crippen LogP contribution in [0.2, 0.25) is 0 Å². The molecule has 1 aliphatic rings. The topological polar surface area (TPSA) is 75.4 Å². The molecule has 1 aromatic heterocycles. The lowest BCUT2D eigenvalue weighted by atomic mass is 10.1. The van der Waals surface area contributed by atoms with Gasteiger partial charge in [-0.2, -0.15) is 0 Å². The predicted molar refractivity (Wildman–Crippen MR) is 78.8 cm³/mol. The van der Waals surface area contributed by atoms with Crippen LogP contribution in [-0.2, 0) is 10.0 Å². The minimum atomic E-state index is -3.41. The fraction of sp³-hybridized carbons (Fsp3) is 0.667. The fourth-order valence-electron chi connectivity index (χ4n) is 2.26. The van der Waals surface area contributed by atoms with E-state index in [1.165, 1.54) is 25.3 Å². The Morgan fingerprint density at radius 2 is 2.11 bits per heavy atom. The first-order chi connectivity index (χ1) is 8.99. The number of nitrogens with one attached hydrogen (secondary N) is 1. The maximum absolute atomic E-state index is 12.1. The third kappa shape index (κ3) is 3.92. The van der Waals surface area contributed by atoms with Crippen LogP contribution >= 0.6 is 11.3 Å². The molecule has 2 rings (SSSR count). The maximum atomic E-state index is 12.1. The molecule has 0 aromatic carbocycles. The van der Waals surface area contributed by atoms with Crippen LogP contribution in [0.25, 0.3) is 0 Å². The fourth-order valence-corrected chi connectivity index (χ4v) is 4.51. The van der Waals surface area contributed by atoms with E-state index in [2.05, 4.69) is 16.5 Å². The molecule has 1 unspecified atom stereocenters. The van der Waals surface area contributed by atoms with Gasteiger partial charge in [0.05, 0.1) is 0 Å². The maximum Gasteiger partial charge on any atom is 0.250 e. The second-order valence-corrected chi connectivity index (χ2v) is 7.90. The minimum Gasteiger partial charge on any atom is -0.398 e. The average molecular weight is 303 g/mol. The zero-order chi connectivity index (χ0) is 13.9. The Morgan fingerprint density at radius 3 is 2.68 bits per heavy atom. The molecule has 1 aromatic rings. The number of anilines is 1. The number of sulfonamides is 1. The lowest BCUT2D eigenvalue weighted by Crippen LogP contribution is -2.44. The van der Waals surface area contributed by atoms with Crippen LogP contribution in [0.5, 0.6) is 0 Å². The van der Waals surface area contributed by atoms with Crippen molar-refractivity contribution in [2.75, 3.05) is 25.4 Å². The third-order valence-electron chi connectivity index (χ3n) is 3.44. The van der Waals surface area contributed by atoms with E-state index in [-0.39, 0.29) is 10.3 Å². The average Bonchev–Trinajstić information content (AvgIpc) is 2.85. The monoisotopic (exact) mass is 303 g/mol. The number of rotatable bonds is 5. The molecule has 0 radical (unpaired) electrons. The molecule has 19 heavy (non-hydrogen) atoms. The van der Waals surface area contributed by atoms with Crippen LogP contribution in [0.1, 0.15) is 26.2 Å². The first-order valence-corrected chi connectivity index (χ1v) is 8.93. The number of likely N-dealkylation sites (tertiary alicyclic amines) is 1. The number of nitrogens with zero attached hydrogens (tertiary/aromatic N) is 1. The molecular formula is C12H21N3O2S2. The van der Waals surface area contributed by atoms with Gasteiger partial charge < -0.3 is 5.73 Å². The van der Waals surface area contributed by atoms with Gasteiger partial charge in [0.1, 0.15) is 4.21 Å². The molecule has 0 aliphatic carbocycles. The van der Waals surface area contributed by atoms with Gasteiger partial charge in [0, 0.05) is 23.7 Å². The molecule has 0 amide bonds. The molecule has 7 heteroatoms. The molecular weight excluding hydrogens is 282 g/mol. The highest BCUT2D eigenvalue weighted by atomic mass is 32.2. The Labute approximate surface area is 118 Å². The van der Waals surface area contributed by atoms with Crippen molar-refractivity contribution in [1.29, 1.82) is 0 Å². The Bertz CT molecular complexity index is 507. The van der Waals surface area contributed by atoms with Crippen LogP contribution in [-0.4, -0.2) is 39.0 Å². The minimum absolute atomic E-state index is 0.229. The molecule has 1 fully saturated rings. The number of hydrogen-bond acceptors (Lipinski definition) is 5. The number of hydrogen-bond donors (Lipinski definition) is 2. The first kappa shape index (κ1) is 14.8. The normalized spacial score (nSPS) is 19.4. The molecule has 1 aliphatic heterocycles. The van der Waals surface area contributed by atoms with E-state index in [1.807, 2.05) is 0 Å². The van der Waals surface area contributed by atoms with E-state index in [0.717, 1.165) is 24.4 Å². The van der Waals surface area contributed by atoms with Crippen molar-refractivity contribution in [2.24, 2.45) is 0 Å². The van der Waals surface area contributed by atoms with E-state index >= 15 is 0 Å². The lowest BCUT2D eigenvalue weighted by Gasteiger charge is -2.32. The van der Waals surface area contributed by atoms with Crippen LogP contribution < -0.4 is 10.5 Å². The summed E-state index contributed by atoms with van der Waals surface area (Å²) >= 11 is 1.15. The van der Waals surface area contributed by atoms with Crippen LogP contribution in [0.3, 0.4) is 0 Å². The van der Waals surface area contributed by atoms with Crippen molar-refractivity contribution in [3.05, 3.63) is 11.4 Å². The van der Waals surface area contributed by atoms with Gasteiger partial charge in [-0.25, -0.2) is 13.1 Å². The summed E-state index contributed by atoms with van der Waals surface area (Å²) in [6.07, 6.45) is 3.69. The summed E-state index contributed by atoms with van der Waals surface area (Å²) in [4.78, 5) is 2.34. The smallest absolute Gasteiger partial charge is 0.250 e. The van der Waals surface area contributed by atoms with Crippen molar-refractivity contribution < 1.29 is 8.42 Å². The van der Waals surface area contributed by atoms with Crippen LogP contribution in [0.15, 0.2) is 15.7 Å². The molecule has 0 saturated carbocycles. The van der Waals surface area contributed by atoms with Crippen molar-refractivity contribution in [2.45, 2.75) is 36.4 Å². The van der Waals surface area contributed by atoms with E-state index in [4.69, 9.17) is 5.73 Å². The van der Waals surface area contributed by atoms with Gasteiger partial charge >= 0.3 is 0 Å². The summed E-state index contributed by atoms with van der Waals surface area (Å²) in [6.45, 7) is 4.64. The Balaban J connectivity index is 1.90. The summed E-state index contributed by atoms with van der Waals surface area (Å²) < 4.78 is 27.1. The van der Waals surface area contributed by atoms with Gasteiger partial charge in [-0.05, 0) is 38.9 Å². The molecule has 1 saturated heterocycles. The number of thiophene rings is 1. The van der Waals surface area contributed by atoms with Gasteiger partial charge in [-0.15, -0.1) is 11.3 Å². The second-order valence-electron chi connectivity index (χ2n) is 5.00. The zero-order valence-electron chi connectivity index (χ0n) is 11.1. The van der Waals surface area contributed by atoms with E-state index < -0.39 is 10.0 Å². The molecule has 5 nitrogen and oxygen atoms in total. The van der Waals surface area contributed by atoms with Gasteiger partial charge in [0.2, 0.25) is 10.0 Å². The van der Waals surface area contributed by atoms with E-state index in [0.29, 0.717) is 12.2 Å². The summed E-state index contributed by atoms with van der Waals surface area (Å²) in [5.74, 6) is 0. The molecule has 1 atom stereocenters. The SMILES string of the molecule is CC(CNS(=O)(=O)c1cc(N)cs1)N1CCCCC1. The number of nitrogens with two attached hydrogens (primary N) is 1. The zero-order valence-corrected chi connectivity index (χ0v) is 12.8. The summed E-state index contributed by atoms with van der Waals surface area (Å²) in [7, 11) is -3.41. The van der Waals surface area contributed by atoms with Crippen molar-refractivity contribution in [1.82, 2.24) is 9.62 Å². The Morgan fingerprint density at radius 1 is 1.42 bits per heavy atom. The van der Waals surface area contributed by atoms with E-state index in [1.54, 1.807) is 5.38 Å². The molecule has 3 N–H and O–H groups in total. The van der Waals surface area contributed by atoms with Crippen LogP contribution in [0.4, 0.5) is 5.69 Å². The summed E-state index contributed by atoms with van der Waals surface area (Å²) in [5.41, 5.74) is 6.05. The number of piperidine rings is 1. The van der Waals surface area contributed by atoms with Crippen LogP contribution in [0, 0.1) is 0 Å². The molecule has 0 bridgehead atoms. The van der Waals surface area contributed by atoms with Crippen molar-refractivity contribution in [3.63, 3.8) is 0 Å². The summed E-state index contributed by atoms with van der Waals surface area (Å²) in [5, 5.41) is 1.64. The number of nitrogen functional groups attached to an aromatic ring is 1. The molecule has 2 heterocycles. The van der Waals surface area contributed by atoms with Crippen molar-refractivity contribution >= 4 is 27.0 Å². The molecule has 108 valence electrons. The van der Waals surface area contributed by atoms with Gasteiger partial charge in [-0.1, -0.05) is 6.42 Å². The Kier molecular flexibility index (Phi) is 4.83. The largest absolute Gasteiger partial charge is 0.398 e. The lowest BCUT2D eigenvalue weighted by molar-refractivity contribution is 0.175. The first-order valence-electron chi connectivity index (χ1n) is 6.57. The molecule has 0 spiro atoms. The second kappa shape index (κ2) is 6.21. The summed E-state index contributed by atoms with van der Waals surface area (Å²) in [6, 6.07) is 1.73. The predicted octanol–water partition coefficient (Wildman–Crippen LogP) is 1.48. The van der Waals surface area contributed by atoms with Gasteiger partial charge in [0.25, 0.3) is 0 Å². The van der Waals surface area contributed by atoms with Crippen molar-refractivity contribution in [3.8, 4) is 0 Å². The van der Waals surface area contributed by atoms with Gasteiger partial charge in [-0.3, -0.25) is 4.90 Å². The van der Waals surface area contributed by atoms with Gasteiger partial charge in [0.15, 0.2) is 0 Å². The third-order valence-corrected chi connectivity index (χ3v) is 6.32. The van der Waals surface area contributed by atoms with E-state index in [9.17, 15) is 8.42 Å². The standard InChI is InChI=1S/C12H21N3O2S2/c1-10(15-5-3-2-4-6-15)8-14-19(16,17)12-7-11(13)9-18-12/h7,9-10,14H,2-6,8,13H2,1H3. The highest BCUT2D eigenvalue weighted by molar-refractivity contribution is 7.91. The Hall–Kier alpha value is -0.630. The quantitative estimate of drug-likeness (QED) is 0.864.